The molecule has 0 amide bonds. The summed E-state index contributed by atoms with van der Waals surface area (Å²) < 4.78 is 23.9. The van der Waals surface area contributed by atoms with Gasteiger partial charge in [0, 0.05) is 12.8 Å². The van der Waals surface area contributed by atoms with Crippen LogP contribution < -0.4 is 0 Å². The van der Waals surface area contributed by atoms with Crippen molar-refractivity contribution in [3.8, 4) is 0 Å². The summed E-state index contributed by atoms with van der Waals surface area (Å²) in [6, 6.07) is 9.00. The molecule has 25 heavy (non-hydrogen) atoms. The van der Waals surface area contributed by atoms with E-state index in [1.807, 2.05) is 18.2 Å². The highest BCUT2D eigenvalue weighted by molar-refractivity contribution is 5.77. The lowest BCUT2D eigenvalue weighted by Crippen LogP contribution is -2.69. The van der Waals surface area contributed by atoms with Crippen LogP contribution in [0.2, 0.25) is 0 Å². The first-order valence-electron chi connectivity index (χ1n) is 9.07. The van der Waals surface area contributed by atoms with Crippen molar-refractivity contribution in [3.63, 3.8) is 0 Å². The van der Waals surface area contributed by atoms with Gasteiger partial charge in [-0.1, -0.05) is 30.3 Å². The van der Waals surface area contributed by atoms with Gasteiger partial charge in [-0.2, -0.15) is 0 Å². The maximum Gasteiger partial charge on any atom is 0.341 e. The van der Waals surface area contributed by atoms with Crippen LogP contribution >= 0.6 is 0 Å². The molecule has 0 aliphatic carbocycles. The van der Waals surface area contributed by atoms with Gasteiger partial charge in [0.25, 0.3) is 5.79 Å². The molecule has 136 valence electrons. The van der Waals surface area contributed by atoms with Gasteiger partial charge in [0.15, 0.2) is 6.10 Å². The highest BCUT2D eigenvalue weighted by atomic mass is 16.8. The predicted molar refractivity (Wildman–Crippen MR) is 87.4 cm³/mol. The second-order valence-corrected chi connectivity index (χ2v) is 6.93. The van der Waals surface area contributed by atoms with Gasteiger partial charge in [0.2, 0.25) is 5.79 Å². The zero-order valence-electron chi connectivity index (χ0n) is 14.2. The van der Waals surface area contributed by atoms with E-state index >= 15 is 0 Å². The van der Waals surface area contributed by atoms with Crippen molar-refractivity contribution in [1.82, 2.24) is 0 Å². The fourth-order valence-corrected chi connectivity index (χ4v) is 3.97. The number of ether oxygens (including phenoxy) is 4. The van der Waals surface area contributed by atoms with Crippen molar-refractivity contribution in [2.75, 3.05) is 13.2 Å². The van der Waals surface area contributed by atoms with E-state index < -0.39 is 29.8 Å². The average Bonchev–Trinajstić information content (AvgIpc) is 2.67. The molecular weight excluding hydrogens is 324 g/mol. The summed E-state index contributed by atoms with van der Waals surface area (Å²) in [5.74, 6) is -2.94. The molecule has 1 N–H and O–H groups in total. The predicted octanol–water partition coefficient (Wildman–Crippen LogP) is 2.46. The average molecular weight is 348 g/mol. The minimum absolute atomic E-state index is 0.508. The van der Waals surface area contributed by atoms with Crippen molar-refractivity contribution in [3.05, 3.63) is 35.9 Å². The van der Waals surface area contributed by atoms with E-state index in [1.54, 1.807) is 12.1 Å². The van der Waals surface area contributed by atoms with Gasteiger partial charge in [-0.05, 0) is 31.2 Å². The van der Waals surface area contributed by atoms with Gasteiger partial charge < -0.3 is 24.1 Å². The smallest absolute Gasteiger partial charge is 0.341 e. The maximum absolute atomic E-state index is 12.7. The SMILES string of the molecule is O=C1O[C@]2(CCCCO2)[C@@]2(CCCCO2)O[C@H]1[C@@H](O)c1ccccc1. The third-order valence-corrected chi connectivity index (χ3v) is 5.29. The van der Waals surface area contributed by atoms with Crippen LogP contribution in [0.5, 0.6) is 0 Å². The van der Waals surface area contributed by atoms with Crippen LogP contribution in [0.1, 0.15) is 50.2 Å². The highest BCUT2D eigenvalue weighted by Crippen LogP contribution is 2.49. The fourth-order valence-electron chi connectivity index (χ4n) is 3.97. The molecule has 0 unspecified atom stereocenters. The van der Waals surface area contributed by atoms with Crippen LogP contribution in [-0.2, 0) is 23.7 Å². The Hall–Kier alpha value is -1.47. The summed E-state index contributed by atoms with van der Waals surface area (Å²) in [5.41, 5.74) is 0.607. The number of carbonyl (C=O) groups is 1. The van der Waals surface area contributed by atoms with E-state index in [4.69, 9.17) is 18.9 Å². The number of esters is 1. The van der Waals surface area contributed by atoms with Crippen molar-refractivity contribution in [1.29, 1.82) is 0 Å². The van der Waals surface area contributed by atoms with Crippen LogP contribution in [0.4, 0.5) is 0 Å². The Morgan fingerprint density at radius 3 is 2.20 bits per heavy atom. The second-order valence-electron chi connectivity index (χ2n) is 6.93. The summed E-state index contributed by atoms with van der Waals surface area (Å²) in [4.78, 5) is 12.7. The molecule has 2 spiro atoms. The summed E-state index contributed by atoms with van der Waals surface area (Å²) >= 11 is 0. The third kappa shape index (κ3) is 2.87. The molecule has 1 aromatic carbocycles. The molecule has 6 nitrogen and oxygen atoms in total. The Morgan fingerprint density at radius 1 is 0.960 bits per heavy atom. The molecule has 1 aromatic rings. The Morgan fingerprint density at radius 2 is 1.60 bits per heavy atom. The van der Waals surface area contributed by atoms with Gasteiger partial charge in [-0.25, -0.2) is 4.79 Å². The topological polar surface area (TPSA) is 74.2 Å². The van der Waals surface area contributed by atoms with Gasteiger partial charge >= 0.3 is 5.97 Å². The molecule has 0 saturated carbocycles. The Kier molecular flexibility index (Phi) is 4.54. The second kappa shape index (κ2) is 6.68. The number of carbonyl (C=O) groups excluding carboxylic acids is 1. The van der Waals surface area contributed by atoms with E-state index in [9.17, 15) is 9.90 Å². The molecule has 3 fully saturated rings. The lowest BCUT2D eigenvalue weighted by Gasteiger charge is -2.55. The highest BCUT2D eigenvalue weighted by Gasteiger charge is 2.65. The molecule has 4 atom stereocenters. The van der Waals surface area contributed by atoms with E-state index in [1.165, 1.54) is 0 Å². The van der Waals surface area contributed by atoms with Crippen LogP contribution in [0.25, 0.3) is 0 Å². The van der Waals surface area contributed by atoms with Crippen molar-refractivity contribution in [2.24, 2.45) is 0 Å². The lowest BCUT2D eigenvalue weighted by molar-refractivity contribution is -0.447. The monoisotopic (exact) mass is 348 g/mol. The third-order valence-electron chi connectivity index (χ3n) is 5.29. The molecule has 3 aliphatic heterocycles. The summed E-state index contributed by atoms with van der Waals surface area (Å²) in [6.45, 7) is 1.03. The minimum Gasteiger partial charge on any atom is -0.425 e. The number of aliphatic hydroxyl groups excluding tert-OH is 1. The standard InChI is InChI=1S/C19H24O6/c20-15(14-8-2-1-3-9-14)16-17(21)25-19(11-5-7-13-23-19)18(24-16)10-4-6-12-22-18/h1-3,8-9,15-16,20H,4-7,10-13H2/t15-,16-,18+,19+/m0/s1. The Bertz CT molecular complexity index is 604. The molecule has 3 aliphatic rings. The number of aliphatic hydroxyl groups is 1. The van der Waals surface area contributed by atoms with Crippen molar-refractivity contribution >= 4 is 5.97 Å². The first-order valence-corrected chi connectivity index (χ1v) is 9.07. The molecule has 0 aromatic heterocycles. The van der Waals surface area contributed by atoms with E-state index in [0.29, 0.717) is 31.6 Å². The van der Waals surface area contributed by atoms with Gasteiger partial charge in [-0.15, -0.1) is 0 Å². The summed E-state index contributed by atoms with van der Waals surface area (Å²) in [5, 5.41) is 10.7. The number of rotatable bonds is 2. The first kappa shape index (κ1) is 17.0. The van der Waals surface area contributed by atoms with Crippen molar-refractivity contribution < 1.29 is 28.8 Å². The van der Waals surface area contributed by atoms with E-state index in [2.05, 4.69) is 0 Å². The maximum atomic E-state index is 12.7. The zero-order valence-corrected chi connectivity index (χ0v) is 14.2. The molecule has 6 heteroatoms. The number of hydrogen-bond donors (Lipinski definition) is 1. The number of fused-ring (bicyclic) bond motifs is 1. The molecule has 0 bridgehead atoms. The normalized spacial score (nSPS) is 37.0. The van der Waals surface area contributed by atoms with E-state index in [-0.39, 0.29) is 0 Å². The first-order chi connectivity index (χ1) is 12.2. The van der Waals surface area contributed by atoms with Gasteiger partial charge in [0.05, 0.1) is 13.2 Å². The number of hydrogen-bond acceptors (Lipinski definition) is 6. The quantitative estimate of drug-likeness (QED) is 0.828. The molecular formula is C19H24O6. The minimum atomic E-state index is -1.20. The molecule has 3 heterocycles. The molecule has 4 rings (SSSR count). The largest absolute Gasteiger partial charge is 0.425 e. The Labute approximate surface area is 147 Å². The van der Waals surface area contributed by atoms with E-state index in [0.717, 1.165) is 25.7 Å². The van der Waals surface area contributed by atoms with Gasteiger partial charge in [0.1, 0.15) is 6.10 Å². The Balaban J connectivity index is 1.65. The molecule has 0 radical (unpaired) electrons. The summed E-state index contributed by atoms with van der Waals surface area (Å²) in [6.07, 6.45) is 2.52. The number of benzene rings is 1. The van der Waals surface area contributed by atoms with Gasteiger partial charge in [-0.3, -0.25) is 0 Å². The molecule has 3 saturated heterocycles. The van der Waals surface area contributed by atoms with Crippen LogP contribution in [-0.4, -0.2) is 42.0 Å². The van der Waals surface area contributed by atoms with Crippen molar-refractivity contribution in [2.45, 2.75) is 62.3 Å². The fraction of sp³-hybridized carbons (Fsp3) is 0.632. The summed E-state index contributed by atoms with van der Waals surface area (Å²) in [7, 11) is 0. The van der Waals surface area contributed by atoms with Crippen LogP contribution in [0, 0.1) is 0 Å². The van der Waals surface area contributed by atoms with Crippen LogP contribution in [0.15, 0.2) is 30.3 Å². The lowest BCUT2D eigenvalue weighted by atomic mass is 9.88. The van der Waals surface area contributed by atoms with Crippen LogP contribution in [0.3, 0.4) is 0 Å². The zero-order chi connectivity index (χ0) is 17.3.